The number of carbonyl (C=O) groups excluding carboxylic acids is 1. The summed E-state index contributed by atoms with van der Waals surface area (Å²) in [4.78, 5) is 16.9. The number of anilines is 3. The monoisotopic (exact) mass is 379 g/mol. The summed E-state index contributed by atoms with van der Waals surface area (Å²) in [6.07, 6.45) is 1.57. The van der Waals surface area contributed by atoms with E-state index in [2.05, 4.69) is 15.6 Å². The van der Waals surface area contributed by atoms with E-state index in [9.17, 15) is 4.79 Å². The predicted octanol–water partition coefficient (Wildman–Crippen LogP) is 4.10. The van der Waals surface area contributed by atoms with Gasteiger partial charge < -0.3 is 24.8 Å². The van der Waals surface area contributed by atoms with Gasteiger partial charge in [-0.25, -0.2) is 4.98 Å². The van der Waals surface area contributed by atoms with E-state index < -0.39 is 0 Å². The van der Waals surface area contributed by atoms with Gasteiger partial charge in [-0.2, -0.15) is 0 Å². The van der Waals surface area contributed by atoms with Crippen LogP contribution < -0.4 is 24.8 Å². The molecule has 0 spiro atoms. The summed E-state index contributed by atoms with van der Waals surface area (Å²) in [6, 6.07) is 16.0. The van der Waals surface area contributed by atoms with E-state index in [1.165, 1.54) is 0 Å². The highest BCUT2D eigenvalue weighted by molar-refractivity contribution is 6.05. The van der Waals surface area contributed by atoms with Crippen LogP contribution in [0.1, 0.15) is 10.4 Å². The van der Waals surface area contributed by atoms with Gasteiger partial charge in [-0.1, -0.05) is 12.1 Å². The molecule has 0 atom stereocenters. The Bertz CT molecular complexity index is 975. The van der Waals surface area contributed by atoms with Gasteiger partial charge >= 0.3 is 0 Å². The number of ether oxygens (including phenoxy) is 3. The topological polar surface area (TPSA) is 81.7 Å². The van der Waals surface area contributed by atoms with E-state index in [0.29, 0.717) is 34.3 Å². The van der Waals surface area contributed by atoms with E-state index >= 15 is 0 Å². The third-order valence-corrected chi connectivity index (χ3v) is 4.03. The van der Waals surface area contributed by atoms with Gasteiger partial charge in [0.2, 0.25) is 0 Å². The SMILES string of the molecule is COc1ccccc1NC(=O)c1ccnc(Nc2ccc(OC)c(OC)c2)c1. The first-order valence-corrected chi connectivity index (χ1v) is 8.54. The molecule has 0 fully saturated rings. The lowest BCUT2D eigenvalue weighted by Crippen LogP contribution is -2.13. The molecule has 2 N–H and O–H groups in total. The van der Waals surface area contributed by atoms with E-state index in [0.717, 1.165) is 5.69 Å². The van der Waals surface area contributed by atoms with Crippen LogP contribution in [-0.4, -0.2) is 32.2 Å². The van der Waals surface area contributed by atoms with Crippen LogP contribution in [0.4, 0.5) is 17.2 Å². The molecule has 3 rings (SSSR count). The highest BCUT2D eigenvalue weighted by Crippen LogP contribution is 2.31. The van der Waals surface area contributed by atoms with Crippen molar-refractivity contribution in [2.24, 2.45) is 0 Å². The average Bonchev–Trinajstić information content (AvgIpc) is 2.74. The van der Waals surface area contributed by atoms with E-state index in [-0.39, 0.29) is 5.91 Å². The number of nitrogens with zero attached hydrogens (tertiary/aromatic N) is 1. The molecule has 7 heteroatoms. The van der Waals surface area contributed by atoms with E-state index in [1.807, 2.05) is 18.2 Å². The highest BCUT2D eigenvalue weighted by atomic mass is 16.5. The molecule has 0 unspecified atom stereocenters. The lowest BCUT2D eigenvalue weighted by Gasteiger charge is -2.12. The molecular weight excluding hydrogens is 358 g/mol. The average molecular weight is 379 g/mol. The number of hydrogen-bond donors (Lipinski definition) is 2. The molecule has 7 nitrogen and oxygen atoms in total. The smallest absolute Gasteiger partial charge is 0.255 e. The molecular formula is C21H21N3O4. The van der Waals surface area contributed by atoms with Crippen molar-refractivity contribution >= 4 is 23.1 Å². The summed E-state index contributed by atoms with van der Waals surface area (Å²) in [5.41, 5.74) is 1.82. The first-order chi connectivity index (χ1) is 13.6. The molecule has 2 aromatic carbocycles. The summed E-state index contributed by atoms with van der Waals surface area (Å²) < 4.78 is 15.8. The first kappa shape index (κ1) is 19.0. The Balaban J connectivity index is 1.77. The zero-order valence-corrected chi connectivity index (χ0v) is 15.9. The molecule has 0 aliphatic carbocycles. The third kappa shape index (κ3) is 4.32. The standard InChI is InChI=1S/C21H21N3O4/c1-26-17-7-5-4-6-16(17)24-21(25)14-10-11-22-20(12-14)23-15-8-9-18(27-2)19(13-15)28-3/h4-13H,1-3H3,(H,22,23)(H,24,25). The molecule has 28 heavy (non-hydrogen) atoms. The van der Waals surface area contributed by atoms with Gasteiger partial charge in [-0.15, -0.1) is 0 Å². The summed E-state index contributed by atoms with van der Waals surface area (Å²) >= 11 is 0. The summed E-state index contributed by atoms with van der Waals surface area (Å²) in [5, 5.41) is 6.01. The van der Waals surface area contributed by atoms with Crippen LogP contribution in [0, 0.1) is 0 Å². The quantitative estimate of drug-likeness (QED) is 0.643. The molecule has 0 saturated carbocycles. The molecule has 0 radical (unpaired) electrons. The van der Waals surface area contributed by atoms with Crippen LogP contribution in [0.3, 0.4) is 0 Å². The largest absolute Gasteiger partial charge is 0.495 e. The molecule has 3 aromatic rings. The third-order valence-electron chi connectivity index (χ3n) is 4.03. The van der Waals surface area contributed by atoms with Crippen molar-refractivity contribution in [1.82, 2.24) is 4.98 Å². The number of amides is 1. The van der Waals surface area contributed by atoms with Gasteiger partial charge in [0.1, 0.15) is 11.6 Å². The van der Waals surface area contributed by atoms with Crippen molar-refractivity contribution < 1.29 is 19.0 Å². The highest BCUT2D eigenvalue weighted by Gasteiger charge is 2.11. The Hall–Kier alpha value is -3.74. The number of pyridine rings is 1. The normalized spacial score (nSPS) is 10.1. The fraction of sp³-hybridized carbons (Fsp3) is 0.143. The zero-order valence-electron chi connectivity index (χ0n) is 15.9. The molecule has 1 aromatic heterocycles. The van der Waals surface area contributed by atoms with Gasteiger partial charge in [0.05, 0.1) is 27.0 Å². The van der Waals surface area contributed by atoms with Gasteiger partial charge in [-0.3, -0.25) is 4.79 Å². The van der Waals surface area contributed by atoms with Crippen LogP contribution in [0.5, 0.6) is 17.2 Å². The van der Waals surface area contributed by atoms with Crippen molar-refractivity contribution in [2.75, 3.05) is 32.0 Å². The number of nitrogens with one attached hydrogen (secondary N) is 2. The lowest BCUT2D eigenvalue weighted by molar-refractivity contribution is 0.102. The Labute approximate surface area is 163 Å². The Morgan fingerprint density at radius 3 is 2.36 bits per heavy atom. The summed E-state index contributed by atoms with van der Waals surface area (Å²) in [6.45, 7) is 0. The van der Waals surface area contributed by atoms with Crippen molar-refractivity contribution in [2.45, 2.75) is 0 Å². The van der Waals surface area contributed by atoms with Gasteiger partial charge in [0, 0.05) is 23.5 Å². The second-order valence-corrected chi connectivity index (χ2v) is 5.78. The molecule has 0 aliphatic heterocycles. The minimum atomic E-state index is -0.262. The van der Waals surface area contributed by atoms with Gasteiger partial charge in [0.25, 0.3) is 5.91 Å². The lowest BCUT2D eigenvalue weighted by atomic mass is 10.2. The second-order valence-electron chi connectivity index (χ2n) is 5.78. The maximum absolute atomic E-state index is 12.6. The Morgan fingerprint density at radius 1 is 0.857 bits per heavy atom. The number of carbonyl (C=O) groups is 1. The number of hydrogen-bond acceptors (Lipinski definition) is 6. The maximum atomic E-state index is 12.6. The summed E-state index contributed by atoms with van der Waals surface area (Å²) in [5.74, 6) is 2.08. The molecule has 1 heterocycles. The van der Waals surface area contributed by atoms with Crippen molar-refractivity contribution in [3.05, 3.63) is 66.4 Å². The molecule has 0 aliphatic rings. The van der Waals surface area contributed by atoms with Crippen LogP contribution in [0.25, 0.3) is 0 Å². The van der Waals surface area contributed by atoms with E-state index in [1.54, 1.807) is 63.9 Å². The fourth-order valence-electron chi connectivity index (χ4n) is 2.64. The van der Waals surface area contributed by atoms with Gasteiger partial charge in [-0.05, 0) is 36.4 Å². The maximum Gasteiger partial charge on any atom is 0.255 e. The van der Waals surface area contributed by atoms with Crippen molar-refractivity contribution in [1.29, 1.82) is 0 Å². The first-order valence-electron chi connectivity index (χ1n) is 8.54. The van der Waals surface area contributed by atoms with Crippen molar-refractivity contribution in [3.63, 3.8) is 0 Å². The minimum Gasteiger partial charge on any atom is -0.495 e. The minimum absolute atomic E-state index is 0.262. The molecule has 0 bridgehead atoms. The molecule has 0 saturated heterocycles. The Morgan fingerprint density at radius 2 is 1.61 bits per heavy atom. The predicted molar refractivity (Wildman–Crippen MR) is 108 cm³/mol. The van der Waals surface area contributed by atoms with E-state index in [4.69, 9.17) is 14.2 Å². The second kappa shape index (κ2) is 8.77. The number of benzene rings is 2. The van der Waals surface area contributed by atoms with Crippen LogP contribution in [0.15, 0.2) is 60.8 Å². The molecule has 144 valence electrons. The number of aromatic nitrogens is 1. The number of para-hydroxylation sites is 2. The summed E-state index contributed by atoms with van der Waals surface area (Å²) in [7, 11) is 4.71. The zero-order chi connectivity index (χ0) is 19.9. The van der Waals surface area contributed by atoms with Crippen LogP contribution in [0.2, 0.25) is 0 Å². The van der Waals surface area contributed by atoms with Crippen molar-refractivity contribution in [3.8, 4) is 17.2 Å². The fourth-order valence-corrected chi connectivity index (χ4v) is 2.64. The van der Waals surface area contributed by atoms with Crippen LogP contribution >= 0.6 is 0 Å². The van der Waals surface area contributed by atoms with Crippen LogP contribution in [-0.2, 0) is 0 Å². The molecule has 1 amide bonds. The van der Waals surface area contributed by atoms with Gasteiger partial charge in [0.15, 0.2) is 11.5 Å². The number of rotatable bonds is 7. The Kier molecular flexibility index (Phi) is 5.96. The number of methoxy groups -OCH3 is 3.